The molecule has 3 aromatic rings. The Morgan fingerprint density at radius 1 is 1.03 bits per heavy atom. The van der Waals surface area contributed by atoms with Gasteiger partial charge in [-0.25, -0.2) is 0 Å². The van der Waals surface area contributed by atoms with E-state index in [-0.39, 0.29) is 19.1 Å². The highest BCUT2D eigenvalue weighted by Gasteiger charge is 2.11. The summed E-state index contributed by atoms with van der Waals surface area (Å²) in [5.41, 5.74) is 11.4. The summed E-state index contributed by atoms with van der Waals surface area (Å²) < 4.78 is 6.01. The van der Waals surface area contributed by atoms with Gasteiger partial charge in [0.1, 0.15) is 12.4 Å². The summed E-state index contributed by atoms with van der Waals surface area (Å²) in [7, 11) is 0. The Hall–Kier alpha value is -3.35. The van der Waals surface area contributed by atoms with Gasteiger partial charge in [0.25, 0.3) is 0 Å². The fraction of sp³-hybridized carbons (Fsp3) is 0.269. The predicted molar refractivity (Wildman–Crippen MR) is 127 cm³/mol. The molecule has 5 N–H and O–H groups in total. The number of carbonyl (C=O) groups is 1. The molecule has 32 heavy (non-hydrogen) atoms. The van der Waals surface area contributed by atoms with E-state index in [2.05, 4.69) is 31.3 Å². The highest BCUT2D eigenvalue weighted by atomic mass is 16.5. The maximum atomic E-state index is 11.2. The van der Waals surface area contributed by atoms with Crippen molar-refractivity contribution in [2.45, 2.75) is 39.0 Å². The summed E-state index contributed by atoms with van der Waals surface area (Å²) in [5, 5.41) is 22.0. The summed E-state index contributed by atoms with van der Waals surface area (Å²) in [4.78, 5) is 11.2. The standard InChI is InChI=1S/C26H30N2O4/c1-17(2)28-23-11-18(16-32-25-9-4-3-6-21(25)14-26(30)31)10-22(13-23)19-7-5-8-20(12-19)24(27)15-29/h3-13,17,24,28-29H,14-16,27H2,1-2H3,(H,30,31)/t24-/m1/s1. The fourth-order valence-electron chi connectivity index (χ4n) is 3.53. The molecule has 0 heterocycles. The molecule has 0 amide bonds. The molecular weight excluding hydrogens is 404 g/mol. The van der Waals surface area contributed by atoms with Crippen LogP contribution in [0.2, 0.25) is 0 Å². The SMILES string of the molecule is CC(C)Nc1cc(COc2ccccc2CC(=O)O)cc(-c2cccc([C@H](N)CO)c2)c1. The molecule has 0 spiro atoms. The zero-order valence-electron chi connectivity index (χ0n) is 18.4. The number of nitrogens with one attached hydrogen (secondary N) is 1. The van der Waals surface area contributed by atoms with Gasteiger partial charge in [-0.1, -0.05) is 36.4 Å². The van der Waals surface area contributed by atoms with Crippen LogP contribution in [0.5, 0.6) is 5.75 Å². The van der Waals surface area contributed by atoms with Gasteiger partial charge in [-0.15, -0.1) is 0 Å². The lowest BCUT2D eigenvalue weighted by Crippen LogP contribution is -2.14. The molecule has 6 nitrogen and oxygen atoms in total. The van der Waals surface area contributed by atoms with Crippen LogP contribution in [0.15, 0.2) is 66.7 Å². The molecule has 0 fully saturated rings. The zero-order chi connectivity index (χ0) is 23.1. The van der Waals surface area contributed by atoms with E-state index in [4.69, 9.17) is 15.6 Å². The van der Waals surface area contributed by atoms with E-state index in [1.165, 1.54) is 0 Å². The second-order valence-corrected chi connectivity index (χ2v) is 8.10. The van der Waals surface area contributed by atoms with Crippen molar-refractivity contribution in [3.63, 3.8) is 0 Å². The van der Waals surface area contributed by atoms with E-state index in [1.807, 2.05) is 36.4 Å². The lowest BCUT2D eigenvalue weighted by molar-refractivity contribution is -0.136. The molecule has 0 aliphatic rings. The molecule has 0 aromatic heterocycles. The van der Waals surface area contributed by atoms with Crippen molar-refractivity contribution in [2.75, 3.05) is 11.9 Å². The van der Waals surface area contributed by atoms with Crippen LogP contribution in [0.3, 0.4) is 0 Å². The van der Waals surface area contributed by atoms with Crippen LogP contribution >= 0.6 is 0 Å². The highest BCUT2D eigenvalue weighted by Crippen LogP contribution is 2.28. The molecule has 0 aliphatic carbocycles. The Kier molecular flexibility index (Phi) is 7.87. The van der Waals surface area contributed by atoms with Crippen molar-refractivity contribution >= 4 is 11.7 Å². The number of anilines is 1. The number of rotatable bonds is 10. The Labute approximate surface area is 188 Å². The van der Waals surface area contributed by atoms with E-state index in [1.54, 1.807) is 18.2 Å². The molecule has 3 rings (SSSR count). The van der Waals surface area contributed by atoms with Gasteiger partial charge in [0, 0.05) is 17.3 Å². The number of hydrogen-bond donors (Lipinski definition) is 4. The Balaban J connectivity index is 1.91. The van der Waals surface area contributed by atoms with E-state index in [9.17, 15) is 9.90 Å². The minimum Gasteiger partial charge on any atom is -0.489 e. The monoisotopic (exact) mass is 434 g/mol. The van der Waals surface area contributed by atoms with Gasteiger partial charge in [0.2, 0.25) is 0 Å². The smallest absolute Gasteiger partial charge is 0.307 e. The molecular formula is C26H30N2O4. The van der Waals surface area contributed by atoms with Gasteiger partial charge in [0.15, 0.2) is 0 Å². The van der Waals surface area contributed by atoms with Crippen LogP contribution < -0.4 is 15.8 Å². The summed E-state index contributed by atoms with van der Waals surface area (Å²) >= 11 is 0. The van der Waals surface area contributed by atoms with Crippen LogP contribution in [-0.4, -0.2) is 28.8 Å². The minimum atomic E-state index is -0.896. The number of nitrogens with two attached hydrogens (primary N) is 1. The first kappa shape index (κ1) is 23.3. The number of aliphatic hydroxyl groups is 1. The number of hydrogen-bond acceptors (Lipinski definition) is 5. The highest BCUT2D eigenvalue weighted by molar-refractivity contribution is 5.71. The lowest BCUT2D eigenvalue weighted by Gasteiger charge is -2.16. The number of benzene rings is 3. The molecule has 0 saturated heterocycles. The third-order valence-electron chi connectivity index (χ3n) is 5.00. The molecule has 168 valence electrons. The number of para-hydroxylation sites is 1. The van der Waals surface area contributed by atoms with Gasteiger partial charge < -0.3 is 26.0 Å². The maximum absolute atomic E-state index is 11.2. The topological polar surface area (TPSA) is 105 Å². The van der Waals surface area contributed by atoms with E-state index < -0.39 is 12.0 Å². The third-order valence-corrected chi connectivity index (χ3v) is 5.00. The van der Waals surface area contributed by atoms with Crippen molar-refractivity contribution in [3.8, 4) is 16.9 Å². The van der Waals surface area contributed by atoms with Crippen molar-refractivity contribution in [1.82, 2.24) is 0 Å². The second kappa shape index (κ2) is 10.8. The molecule has 3 aromatic carbocycles. The third kappa shape index (κ3) is 6.33. The quantitative estimate of drug-likeness (QED) is 0.378. The number of aliphatic hydroxyl groups excluding tert-OH is 1. The van der Waals surface area contributed by atoms with E-state index in [0.29, 0.717) is 17.9 Å². The molecule has 0 saturated carbocycles. The first-order valence-electron chi connectivity index (χ1n) is 10.7. The normalized spacial score (nSPS) is 11.9. The summed E-state index contributed by atoms with van der Waals surface area (Å²) in [6.45, 7) is 4.33. The Bertz CT molecular complexity index is 1070. The van der Waals surface area contributed by atoms with Crippen LogP contribution in [0, 0.1) is 0 Å². The van der Waals surface area contributed by atoms with Gasteiger partial charge in [-0.2, -0.15) is 0 Å². The first-order chi connectivity index (χ1) is 15.4. The molecule has 6 heteroatoms. The van der Waals surface area contributed by atoms with Gasteiger partial charge >= 0.3 is 5.97 Å². The van der Waals surface area contributed by atoms with Crippen LogP contribution in [0.25, 0.3) is 11.1 Å². The van der Waals surface area contributed by atoms with Crippen LogP contribution in [-0.2, 0) is 17.8 Å². The van der Waals surface area contributed by atoms with Crippen molar-refractivity contribution in [3.05, 3.63) is 83.4 Å². The number of carboxylic acid groups (broad SMARTS) is 1. The Morgan fingerprint density at radius 3 is 2.53 bits per heavy atom. The summed E-state index contributed by atoms with van der Waals surface area (Å²) in [5.74, 6) is -0.331. The summed E-state index contributed by atoms with van der Waals surface area (Å²) in [6, 6.07) is 21.0. The van der Waals surface area contributed by atoms with Crippen molar-refractivity contribution in [2.24, 2.45) is 5.73 Å². The minimum absolute atomic E-state index is 0.0890. The molecule has 0 radical (unpaired) electrons. The lowest BCUT2D eigenvalue weighted by atomic mass is 9.98. The van der Waals surface area contributed by atoms with Crippen molar-refractivity contribution in [1.29, 1.82) is 0 Å². The first-order valence-corrected chi connectivity index (χ1v) is 10.7. The fourth-order valence-corrected chi connectivity index (χ4v) is 3.53. The second-order valence-electron chi connectivity index (χ2n) is 8.10. The summed E-state index contributed by atoms with van der Waals surface area (Å²) in [6.07, 6.45) is -0.0890. The number of carboxylic acids is 1. The average molecular weight is 435 g/mol. The molecule has 0 aliphatic heterocycles. The number of aliphatic carboxylic acids is 1. The van der Waals surface area contributed by atoms with Crippen LogP contribution in [0.4, 0.5) is 5.69 Å². The Morgan fingerprint density at radius 2 is 1.81 bits per heavy atom. The maximum Gasteiger partial charge on any atom is 0.307 e. The molecule has 1 atom stereocenters. The van der Waals surface area contributed by atoms with Gasteiger partial charge in [0.05, 0.1) is 19.1 Å². The van der Waals surface area contributed by atoms with Crippen LogP contribution in [0.1, 0.15) is 36.6 Å². The van der Waals surface area contributed by atoms with Crippen molar-refractivity contribution < 1.29 is 19.7 Å². The largest absolute Gasteiger partial charge is 0.489 e. The number of ether oxygens (including phenoxy) is 1. The zero-order valence-corrected chi connectivity index (χ0v) is 18.4. The average Bonchev–Trinajstić information content (AvgIpc) is 2.77. The predicted octanol–water partition coefficient (Wildman–Crippen LogP) is 4.37. The van der Waals surface area contributed by atoms with Gasteiger partial charge in [-0.05, 0) is 66.4 Å². The van der Waals surface area contributed by atoms with E-state index in [0.717, 1.165) is 27.9 Å². The molecule has 0 bridgehead atoms. The van der Waals surface area contributed by atoms with E-state index >= 15 is 0 Å². The molecule has 0 unspecified atom stereocenters. The van der Waals surface area contributed by atoms with Gasteiger partial charge in [-0.3, -0.25) is 4.79 Å².